The Hall–Kier alpha value is -1.92. The number of aliphatic hydroxyl groups excluding tert-OH is 1. The number of hydrogen-bond acceptors (Lipinski definition) is 4. The van der Waals surface area contributed by atoms with Crippen LogP contribution in [-0.2, 0) is 16.0 Å². The Bertz CT molecular complexity index is 521. The summed E-state index contributed by atoms with van der Waals surface area (Å²) in [5, 5.41) is 18.8. The summed E-state index contributed by atoms with van der Waals surface area (Å²) in [6.07, 6.45) is 0.137. The molecule has 0 aliphatic carbocycles. The van der Waals surface area contributed by atoms with Crippen molar-refractivity contribution in [1.82, 2.24) is 9.80 Å². The molecule has 0 saturated carbocycles. The SMILES string of the molecule is O=C(O)CCC(=O)N1CCN(CCc2ccccc2)CC(O)C1. The second-order valence-electron chi connectivity index (χ2n) is 5.92. The third-order valence-corrected chi connectivity index (χ3v) is 4.05. The smallest absolute Gasteiger partial charge is 0.303 e. The van der Waals surface area contributed by atoms with Gasteiger partial charge in [0.2, 0.25) is 5.91 Å². The lowest BCUT2D eigenvalue weighted by Gasteiger charge is -2.21. The van der Waals surface area contributed by atoms with Crippen molar-refractivity contribution >= 4 is 11.9 Å². The van der Waals surface area contributed by atoms with Gasteiger partial charge in [-0.2, -0.15) is 0 Å². The molecule has 126 valence electrons. The first-order valence-electron chi connectivity index (χ1n) is 7.98. The standard InChI is InChI=1S/C17H24N2O4/c20-15-12-18(9-8-14-4-2-1-3-5-14)10-11-19(13-15)16(21)6-7-17(22)23/h1-5,15,20H,6-13H2,(H,22,23). The van der Waals surface area contributed by atoms with Crippen molar-refractivity contribution < 1.29 is 19.8 Å². The second kappa shape index (κ2) is 8.64. The van der Waals surface area contributed by atoms with E-state index in [-0.39, 0.29) is 25.3 Å². The van der Waals surface area contributed by atoms with Gasteiger partial charge in [0.1, 0.15) is 0 Å². The molecule has 2 N–H and O–H groups in total. The third-order valence-electron chi connectivity index (χ3n) is 4.05. The molecule has 1 aliphatic rings. The van der Waals surface area contributed by atoms with Crippen LogP contribution in [0.25, 0.3) is 0 Å². The van der Waals surface area contributed by atoms with Gasteiger partial charge in [0, 0.05) is 39.1 Å². The Morgan fingerprint density at radius 1 is 1.09 bits per heavy atom. The zero-order valence-electron chi connectivity index (χ0n) is 13.2. The van der Waals surface area contributed by atoms with Crippen LogP contribution in [0.3, 0.4) is 0 Å². The highest BCUT2D eigenvalue weighted by Gasteiger charge is 2.24. The number of amides is 1. The lowest BCUT2D eigenvalue weighted by molar-refractivity contribution is -0.141. The molecule has 0 spiro atoms. The van der Waals surface area contributed by atoms with Crippen LogP contribution in [0, 0.1) is 0 Å². The number of carboxylic acids is 1. The van der Waals surface area contributed by atoms with E-state index in [4.69, 9.17) is 5.11 Å². The van der Waals surface area contributed by atoms with Crippen LogP contribution in [0.1, 0.15) is 18.4 Å². The first-order chi connectivity index (χ1) is 11.0. The molecule has 0 radical (unpaired) electrons. The van der Waals surface area contributed by atoms with Crippen molar-refractivity contribution in [2.24, 2.45) is 0 Å². The molecule has 1 atom stereocenters. The number of rotatable bonds is 6. The van der Waals surface area contributed by atoms with Gasteiger partial charge in [-0.15, -0.1) is 0 Å². The van der Waals surface area contributed by atoms with Crippen molar-refractivity contribution in [2.45, 2.75) is 25.4 Å². The molecule has 0 aromatic heterocycles. The third kappa shape index (κ3) is 6.00. The van der Waals surface area contributed by atoms with Gasteiger partial charge >= 0.3 is 5.97 Å². The summed E-state index contributed by atoms with van der Waals surface area (Å²) < 4.78 is 0. The summed E-state index contributed by atoms with van der Waals surface area (Å²) in [5.74, 6) is -1.17. The lowest BCUT2D eigenvalue weighted by Crippen LogP contribution is -2.37. The summed E-state index contributed by atoms with van der Waals surface area (Å²) in [7, 11) is 0. The minimum absolute atomic E-state index is 0.00787. The average Bonchev–Trinajstić information content (AvgIpc) is 2.73. The van der Waals surface area contributed by atoms with Crippen LogP contribution in [0.4, 0.5) is 0 Å². The summed E-state index contributed by atoms with van der Waals surface area (Å²) in [5.41, 5.74) is 1.25. The van der Waals surface area contributed by atoms with Crippen molar-refractivity contribution in [3.8, 4) is 0 Å². The normalized spacial score (nSPS) is 19.3. The number of carbonyl (C=O) groups is 2. The van der Waals surface area contributed by atoms with Gasteiger partial charge < -0.3 is 15.1 Å². The summed E-state index contributed by atoms with van der Waals surface area (Å²) in [6.45, 7) is 2.88. The van der Waals surface area contributed by atoms with Crippen LogP contribution in [0.5, 0.6) is 0 Å². The molecule has 1 aromatic carbocycles. The van der Waals surface area contributed by atoms with Crippen molar-refractivity contribution in [2.75, 3.05) is 32.7 Å². The van der Waals surface area contributed by atoms with Crippen LogP contribution in [-0.4, -0.2) is 70.7 Å². The van der Waals surface area contributed by atoms with E-state index >= 15 is 0 Å². The van der Waals surface area contributed by atoms with E-state index in [0.29, 0.717) is 19.6 Å². The molecule has 1 aliphatic heterocycles. The van der Waals surface area contributed by atoms with E-state index in [2.05, 4.69) is 17.0 Å². The number of hydrogen-bond donors (Lipinski definition) is 2. The Kier molecular flexibility index (Phi) is 6.55. The Balaban J connectivity index is 1.82. The molecular weight excluding hydrogens is 296 g/mol. The maximum Gasteiger partial charge on any atom is 0.303 e. The molecule has 0 bridgehead atoms. The van der Waals surface area contributed by atoms with Crippen molar-refractivity contribution in [3.63, 3.8) is 0 Å². The molecule has 1 heterocycles. The minimum atomic E-state index is -0.974. The number of carboxylic acid groups (broad SMARTS) is 1. The van der Waals surface area contributed by atoms with Crippen molar-refractivity contribution in [1.29, 1.82) is 0 Å². The first-order valence-corrected chi connectivity index (χ1v) is 7.98. The second-order valence-corrected chi connectivity index (χ2v) is 5.92. The van der Waals surface area contributed by atoms with Gasteiger partial charge in [-0.05, 0) is 12.0 Å². The number of aliphatic hydroxyl groups is 1. The van der Waals surface area contributed by atoms with E-state index in [0.717, 1.165) is 13.0 Å². The average molecular weight is 320 g/mol. The molecule has 23 heavy (non-hydrogen) atoms. The van der Waals surface area contributed by atoms with Crippen molar-refractivity contribution in [3.05, 3.63) is 35.9 Å². The van der Waals surface area contributed by atoms with Gasteiger partial charge in [-0.1, -0.05) is 30.3 Å². The van der Waals surface area contributed by atoms with Crippen LogP contribution < -0.4 is 0 Å². The summed E-state index contributed by atoms with van der Waals surface area (Å²) in [6, 6.07) is 10.2. The predicted molar refractivity (Wildman–Crippen MR) is 86.0 cm³/mol. The van der Waals surface area contributed by atoms with E-state index in [1.807, 2.05) is 18.2 Å². The molecular formula is C17H24N2O4. The molecule has 1 fully saturated rings. The fraction of sp³-hybridized carbons (Fsp3) is 0.529. The number of carbonyl (C=O) groups excluding carboxylic acids is 1. The molecule has 1 aromatic rings. The lowest BCUT2D eigenvalue weighted by atomic mass is 10.1. The quantitative estimate of drug-likeness (QED) is 0.802. The number of nitrogens with zero attached hydrogens (tertiary/aromatic N) is 2. The van der Waals surface area contributed by atoms with E-state index < -0.39 is 12.1 Å². The van der Waals surface area contributed by atoms with Crippen LogP contribution in [0.15, 0.2) is 30.3 Å². The molecule has 1 amide bonds. The number of aliphatic carboxylic acids is 1. The first kappa shape index (κ1) is 17.4. The van der Waals surface area contributed by atoms with E-state index in [1.54, 1.807) is 4.90 Å². The van der Waals surface area contributed by atoms with E-state index in [1.165, 1.54) is 5.56 Å². The maximum atomic E-state index is 12.0. The highest BCUT2D eigenvalue weighted by molar-refractivity contribution is 5.80. The zero-order valence-corrected chi connectivity index (χ0v) is 13.2. The summed E-state index contributed by atoms with van der Waals surface area (Å²) in [4.78, 5) is 26.3. The zero-order chi connectivity index (χ0) is 16.7. The topological polar surface area (TPSA) is 81.1 Å². The highest BCUT2D eigenvalue weighted by atomic mass is 16.4. The molecule has 6 nitrogen and oxygen atoms in total. The minimum Gasteiger partial charge on any atom is -0.481 e. The Morgan fingerprint density at radius 3 is 2.52 bits per heavy atom. The largest absolute Gasteiger partial charge is 0.481 e. The molecule has 6 heteroatoms. The highest BCUT2D eigenvalue weighted by Crippen LogP contribution is 2.09. The predicted octanol–water partition coefficient (Wildman–Crippen LogP) is 0.599. The fourth-order valence-corrected chi connectivity index (χ4v) is 2.79. The molecule has 1 unspecified atom stereocenters. The van der Waals surface area contributed by atoms with Gasteiger partial charge in [-0.25, -0.2) is 0 Å². The Labute approximate surface area is 136 Å². The van der Waals surface area contributed by atoms with Crippen LogP contribution >= 0.6 is 0 Å². The molecule has 1 saturated heterocycles. The van der Waals surface area contributed by atoms with Crippen LogP contribution in [0.2, 0.25) is 0 Å². The van der Waals surface area contributed by atoms with Gasteiger partial charge in [0.25, 0.3) is 0 Å². The molecule has 2 rings (SSSR count). The van der Waals surface area contributed by atoms with E-state index in [9.17, 15) is 14.7 Å². The van der Waals surface area contributed by atoms with Gasteiger partial charge in [0.15, 0.2) is 0 Å². The maximum absolute atomic E-state index is 12.0. The van der Waals surface area contributed by atoms with Gasteiger partial charge in [0.05, 0.1) is 12.5 Å². The number of benzene rings is 1. The summed E-state index contributed by atoms with van der Waals surface area (Å²) >= 11 is 0. The monoisotopic (exact) mass is 320 g/mol. The number of β-amino-alcohol motifs (C(OH)–C–C–N with tert-alkyl or cyclic N) is 1. The van der Waals surface area contributed by atoms with Gasteiger partial charge in [-0.3, -0.25) is 14.5 Å². The fourth-order valence-electron chi connectivity index (χ4n) is 2.79. The Morgan fingerprint density at radius 2 is 1.83 bits per heavy atom.